The minimum Gasteiger partial charge on any atom is -0.478 e. The van der Waals surface area contributed by atoms with Gasteiger partial charge in [-0.1, -0.05) is 63.2 Å². The number of hydrogen-bond donors (Lipinski definition) is 2. The number of aryl methyl sites for hydroxylation is 2. The standard InChI is InChI=1S/C33H26F2N4O4.2C2H6.H3N/c1-19-6-7-24(25(34)12-19)18-42-32-5-3-4-27(37-32)22-9-8-21(26(35)13-22)15-31-36-28-11-10-23(33(40)41)14-30(28)39(31)16-29-20(2)17-43-38-29;2*1-2;/h3-14,17H,15-16,18H2,1-2H3,(H,40,41);2*1-2H3;1H3. The molecular formula is C37H41F2N5O4. The van der Waals surface area contributed by atoms with E-state index in [2.05, 4.69) is 10.1 Å². The quantitative estimate of drug-likeness (QED) is 0.157. The molecule has 3 aromatic heterocycles. The van der Waals surface area contributed by atoms with Crippen molar-refractivity contribution >= 4 is 17.0 Å². The zero-order valence-electron chi connectivity index (χ0n) is 28.1. The maximum atomic E-state index is 15.5. The lowest BCUT2D eigenvalue weighted by molar-refractivity contribution is 0.0697. The number of halogens is 2. The van der Waals surface area contributed by atoms with Gasteiger partial charge in [0.05, 0.1) is 28.8 Å². The van der Waals surface area contributed by atoms with Crippen molar-refractivity contribution in [2.24, 2.45) is 0 Å². The average molecular weight is 658 g/mol. The Morgan fingerprint density at radius 3 is 2.29 bits per heavy atom. The Kier molecular flexibility index (Phi) is 13.1. The van der Waals surface area contributed by atoms with E-state index in [1.807, 2.05) is 52.2 Å². The van der Waals surface area contributed by atoms with Gasteiger partial charge in [0.15, 0.2) is 0 Å². The summed E-state index contributed by atoms with van der Waals surface area (Å²) < 4.78 is 42.4. The number of carboxylic acid groups (broad SMARTS) is 1. The first-order chi connectivity index (χ1) is 22.7. The van der Waals surface area contributed by atoms with Crippen LogP contribution >= 0.6 is 0 Å². The van der Waals surface area contributed by atoms with Gasteiger partial charge in [-0.05, 0) is 61.4 Å². The van der Waals surface area contributed by atoms with Crippen molar-refractivity contribution in [1.29, 1.82) is 0 Å². The fraction of sp³-hybridized carbons (Fsp3) is 0.243. The number of aromatic nitrogens is 4. The summed E-state index contributed by atoms with van der Waals surface area (Å²) in [5.41, 5.74) is 5.49. The number of imidazole rings is 1. The summed E-state index contributed by atoms with van der Waals surface area (Å²) in [6, 6.07) is 19.6. The van der Waals surface area contributed by atoms with Crippen molar-refractivity contribution in [2.45, 2.75) is 61.1 Å². The third kappa shape index (κ3) is 8.48. The van der Waals surface area contributed by atoms with Gasteiger partial charge < -0.3 is 25.1 Å². The Hall–Kier alpha value is -5.42. The number of nitrogens with zero attached hydrogens (tertiary/aromatic N) is 4. The number of hydrogen-bond acceptors (Lipinski definition) is 7. The molecule has 0 bridgehead atoms. The second kappa shape index (κ2) is 16.9. The molecule has 0 amide bonds. The Morgan fingerprint density at radius 2 is 1.62 bits per heavy atom. The molecule has 6 rings (SSSR count). The topological polar surface area (TPSA) is 138 Å². The molecule has 0 spiro atoms. The van der Waals surface area contributed by atoms with Crippen LogP contribution in [0.5, 0.6) is 5.88 Å². The number of fused-ring (bicyclic) bond motifs is 1. The number of ether oxygens (including phenoxy) is 1. The number of carbonyl (C=O) groups is 1. The first kappa shape index (κ1) is 37.0. The van der Waals surface area contributed by atoms with Crippen LogP contribution in [0.3, 0.4) is 0 Å². The fourth-order valence-electron chi connectivity index (χ4n) is 4.83. The normalized spacial score (nSPS) is 10.3. The summed E-state index contributed by atoms with van der Waals surface area (Å²) in [5, 5.41) is 13.6. The molecule has 0 aliphatic rings. The van der Waals surface area contributed by atoms with Crippen LogP contribution in [-0.4, -0.2) is 30.8 Å². The van der Waals surface area contributed by atoms with Gasteiger partial charge in [-0.15, -0.1) is 0 Å². The van der Waals surface area contributed by atoms with Crippen LogP contribution < -0.4 is 10.9 Å². The number of carboxylic acids is 1. The number of rotatable bonds is 9. The minimum atomic E-state index is -1.05. The molecule has 9 nitrogen and oxygen atoms in total. The van der Waals surface area contributed by atoms with Crippen molar-refractivity contribution in [2.75, 3.05) is 0 Å². The van der Waals surface area contributed by atoms with Crippen LogP contribution in [0.4, 0.5) is 8.78 Å². The summed E-state index contributed by atoms with van der Waals surface area (Å²) in [6.07, 6.45) is 1.68. The van der Waals surface area contributed by atoms with E-state index in [4.69, 9.17) is 14.2 Å². The lowest BCUT2D eigenvalue weighted by atomic mass is 10.1. The van der Waals surface area contributed by atoms with E-state index in [0.29, 0.717) is 50.8 Å². The third-order valence-corrected chi connectivity index (χ3v) is 7.23. The Bertz CT molecular complexity index is 1990. The zero-order chi connectivity index (χ0) is 34.1. The van der Waals surface area contributed by atoms with Gasteiger partial charge in [0.25, 0.3) is 0 Å². The molecule has 0 atom stereocenters. The fourth-order valence-corrected chi connectivity index (χ4v) is 4.83. The Morgan fingerprint density at radius 1 is 0.896 bits per heavy atom. The van der Waals surface area contributed by atoms with Crippen LogP contribution in [-0.2, 0) is 19.6 Å². The van der Waals surface area contributed by atoms with E-state index in [1.165, 1.54) is 24.5 Å². The third-order valence-electron chi connectivity index (χ3n) is 7.23. The molecular weight excluding hydrogens is 616 g/mol. The lowest BCUT2D eigenvalue weighted by Crippen LogP contribution is -2.08. The Labute approximate surface area is 278 Å². The summed E-state index contributed by atoms with van der Waals surface area (Å²) in [5.74, 6) is -1.01. The largest absolute Gasteiger partial charge is 0.478 e. The molecule has 6 aromatic rings. The molecule has 3 heterocycles. The molecule has 0 aliphatic carbocycles. The van der Waals surface area contributed by atoms with Crippen LogP contribution in [0.25, 0.3) is 22.3 Å². The van der Waals surface area contributed by atoms with Crippen LogP contribution in [0, 0.1) is 25.5 Å². The first-order valence-electron chi connectivity index (χ1n) is 15.5. The highest BCUT2D eigenvalue weighted by molar-refractivity contribution is 5.92. The molecule has 4 N–H and O–H groups in total. The molecule has 48 heavy (non-hydrogen) atoms. The van der Waals surface area contributed by atoms with E-state index in [9.17, 15) is 14.3 Å². The summed E-state index contributed by atoms with van der Waals surface area (Å²) in [6.45, 7) is 12.0. The molecule has 0 fully saturated rings. The second-order valence-corrected chi connectivity index (χ2v) is 10.3. The highest BCUT2D eigenvalue weighted by atomic mass is 19.1. The van der Waals surface area contributed by atoms with Crippen molar-refractivity contribution in [1.82, 2.24) is 25.8 Å². The minimum absolute atomic E-state index is 0. The van der Waals surface area contributed by atoms with Gasteiger partial charge in [-0.3, -0.25) is 0 Å². The van der Waals surface area contributed by atoms with E-state index in [-0.39, 0.29) is 37.1 Å². The monoisotopic (exact) mass is 657 g/mol. The van der Waals surface area contributed by atoms with E-state index < -0.39 is 11.8 Å². The SMILES string of the molecule is CC.CC.Cc1ccc(COc2cccc(-c3ccc(Cc4nc5ccc(C(=O)O)cc5n4Cc4nocc4C)c(F)c3)n2)c(F)c1.N. The van der Waals surface area contributed by atoms with Gasteiger partial charge in [-0.25, -0.2) is 23.5 Å². The highest BCUT2D eigenvalue weighted by Gasteiger charge is 2.18. The molecule has 0 radical (unpaired) electrons. The summed E-state index contributed by atoms with van der Waals surface area (Å²) in [7, 11) is 0. The average Bonchev–Trinajstić information content (AvgIpc) is 3.65. The van der Waals surface area contributed by atoms with Crippen LogP contribution in [0.15, 0.2) is 83.6 Å². The maximum Gasteiger partial charge on any atom is 0.335 e. The number of benzene rings is 3. The van der Waals surface area contributed by atoms with Gasteiger partial charge in [0, 0.05) is 29.2 Å². The van der Waals surface area contributed by atoms with Gasteiger partial charge in [-0.2, -0.15) is 0 Å². The van der Waals surface area contributed by atoms with Crippen LogP contribution in [0.1, 0.15) is 71.8 Å². The molecule has 0 saturated heterocycles. The molecule has 11 heteroatoms. The van der Waals surface area contributed by atoms with Crippen molar-refractivity contribution in [3.8, 4) is 17.1 Å². The van der Waals surface area contributed by atoms with Crippen LogP contribution in [0.2, 0.25) is 0 Å². The summed E-state index contributed by atoms with van der Waals surface area (Å²) in [4.78, 5) is 20.8. The van der Waals surface area contributed by atoms with E-state index in [0.717, 1.165) is 11.1 Å². The molecule has 0 unspecified atom stereocenters. The van der Waals surface area contributed by atoms with Gasteiger partial charge in [0.2, 0.25) is 5.88 Å². The number of aromatic carboxylic acids is 1. The van der Waals surface area contributed by atoms with Crippen molar-refractivity contribution in [3.05, 3.63) is 130 Å². The number of pyridine rings is 1. The predicted molar refractivity (Wildman–Crippen MR) is 183 cm³/mol. The summed E-state index contributed by atoms with van der Waals surface area (Å²) >= 11 is 0. The molecule has 3 aromatic carbocycles. The van der Waals surface area contributed by atoms with E-state index in [1.54, 1.807) is 48.5 Å². The van der Waals surface area contributed by atoms with Crippen molar-refractivity contribution < 1.29 is 27.9 Å². The van der Waals surface area contributed by atoms with Gasteiger partial charge >= 0.3 is 5.97 Å². The highest BCUT2D eigenvalue weighted by Crippen LogP contribution is 2.27. The molecule has 252 valence electrons. The zero-order valence-corrected chi connectivity index (χ0v) is 28.1. The maximum absolute atomic E-state index is 15.5. The second-order valence-electron chi connectivity index (χ2n) is 10.3. The lowest BCUT2D eigenvalue weighted by Gasteiger charge is -2.11. The predicted octanol–water partition coefficient (Wildman–Crippen LogP) is 9.11. The molecule has 0 aliphatic heterocycles. The first-order valence-corrected chi connectivity index (χ1v) is 15.5. The Balaban J connectivity index is 0.00000121. The van der Waals surface area contributed by atoms with Gasteiger partial charge in [0.1, 0.15) is 36.0 Å². The molecule has 0 saturated carbocycles. The smallest absolute Gasteiger partial charge is 0.335 e. The van der Waals surface area contributed by atoms with E-state index >= 15 is 4.39 Å². The van der Waals surface area contributed by atoms with Crippen molar-refractivity contribution in [3.63, 3.8) is 0 Å².